The standard InChI is InChI=1S/C32H36ClN5O4S/c1-17-11-23(30-28(35-17)25(16-43-30)29-32(40-4)42-29)22-12-19(33)5-8-27(22)41-10-9-38-18(2)36-26-7-6-20(13-24(26)31(38)39)37(3)21-14-34-15-21/h5,8,11-12,16,20-21,29,32,34H,6-7,9-10,13-15H2,1-4H3. The summed E-state index contributed by atoms with van der Waals surface area (Å²) in [7, 11) is 3.84. The van der Waals surface area contributed by atoms with Gasteiger partial charge in [-0.2, -0.15) is 0 Å². The third-order valence-corrected chi connectivity index (χ3v) is 10.3. The van der Waals surface area contributed by atoms with E-state index in [1.807, 2.05) is 32.0 Å². The number of thiophene rings is 1. The van der Waals surface area contributed by atoms with Crippen LogP contribution < -0.4 is 15.6 Å². The fourth-order valence-corrected chi connectivity index (χ4v) is 7.65. The first-order chi connectivity index (χ1) is 20.8. The first-order valence-electron chi connectivity index (χ1n) is 14.8. The highest BCUT2D eigenvalue weighted by Crippen LogP contribution is 2.47. The van der Waals surface area contributed by atoms with Gasteiger partial charge in [-0.25, -0.2) is 4.98 Å². The molecule has 9 nitrogen and oxygen atoms in total. The molecule has 0 bridgehead atoms. The number of pyridine rings is 1. The number of hydrogen-bond acceptors (Lipinski definition) is 9. The molecule has 3 aliphatic rings. The largest absolute Gasteiger partial charge is 0.491 e. The van der Waals surface area contributed by atoms with Gasteiger partial charge < -0.3 is 19.5 Å². The lowest BCUT2D eigenvalue weighted by molar-refractivity contribution is 0.0950. The van der Waals surface area contributed by atoms with Crippen molar-refractivity contribution in [2.24, 2.45) is 0 Å². The first-order valence-corrected chi connectivity index (χ1v) is 16.1. The SMILES string of the molecule is COC1OC1c1csc2c(-c3cc(Cl)ccc3OCCn3c(C)nc4c(c3=O)CC(N(C)C3CNC3)CC4)cc(C)nc12. The highest BCUT2D eigenvalue weighted by atomic mass is 35.5. The van der Waals surface area contributed by atoms with Crippen molar-refractivity contribution in [1.29, 1.82) is 0 Å². The van der Waals surface area contributed by atoms with E-state index in [9.17, 15) is 4.79 Å². The molecule has 3 atom stereocenters. The van der Waals surface area contributed by atoms with Crippen molar-refractivity contribution < 1.29 is 14.2 Å². The van der Waals surface area contributed by atoms with Crippen molar-refractivity contribution in [3.8, 4) is 16.9 Å². The molecular formula is C32H36ClN5O4S. The second kappa shape index (κ2) is 11.6. The molecular weight excluding hydrogens is 586 g/mol. The Balaban J connectivity index is 1.13. The third kappa shape index (κ3) is 5.38. The molecule has 2 saturated heterocycles. The molecule has 2 fully saturated rings. The van der Waals surface area contributed by atoms with Gasteiger partial charge in [0.05, 0.1) is 22.5 Å². The van der Waals surface area contributed by atoms with Crippen LogP contribution in [0.4, 0.5) is 0 Å². The summed E-state index contributed by atoms with van der Waals surface area (Å²) in [6.45, 7) is 6.66. The highest BCUT2D eigenvalue weighted by molar-refractivity contribution is 7.18. The lowest BCUT2D eigenvalue weighted by atomic mass is 9.90. The minimum absolute atomic E-state index is 0.0569. The van der Waals surface area contributed by atoms with E-state index in [1.165, 1.54) is 0 Å². The van der Waals surface area contributed by atoms with E-state index >= 15 is 0 Å². The predicted octanol–water partition coefficient (Wildman–Crippen LogP) is 4.67. The Bertz CT molecular complexity index is 1750. The molecule has 3 unspecified atom stereocenters. The molecule has 0 radical (unpaired) electrons. The Labute approximate surface area is 259 Å². The average Bonchev–Trinajstić information content (AvgIpc) is 3.63. The zero-order chi connectivity index (χ0) is 29.8. The van der Waals surface area contributed by atoms with Crippen LogP contribution in [0, 0.1) is 13.8 Å². The Morgan fingerprint density at radius 2 is 2.02 bits per heavy atom. The molecule has 7 rings (SSSR count). The first kappa shape index (κ1) is 28.9. The molecule has 1 N–H and O–H groups in total. The van der Waals surface area contributed by atoms with E-state index in [2.05, 4.69) is 28.7 Å². The number of benzene rings is 1. The van der Waals surface area contributed by atoms with Gasteiger partial charge in [0.25, 0.3) is 5.56 Å². The van der Waals surface area contributed by atoms with Gasteiger partial charge in [-0.15, -0.1) is 11.3 Å². The number of ether oxygens (including phenoxy) is 3. The fraction of sp³-hybridized carbons (Fsp3) is 0.469. The maximum absolute atomic E-state index is 13.7. The van der Waals surface area contributed by atoms with Crippen molar-refractivity contribution >= 4 is 33.2 Å². The number of epoxide rings is 1. The van der Waals surface area contributed by atoms with Gasteiger partial charge in [0.2, 0.25) is 0 Å². The van der Waals surface area contributed by atoms with Crippen molar-refractivity contribution in [1.82, 2.24) is 24.8 Å². The molecule has 1 aromatic carbocycles. The second-order valence-corrected chi connectivity index (χ2v) is 13.1. The van der Waals surface area contributed by atoms with Crippen LogP contribution in [0.5, 0.6) is 5.75 Å². The molecule has 5 heterocycles. The number of methoxy groups -OCH3 is 1. The Kier molecular flexibility index (Phi) is 7.77. The maximum Gasteiger partial charge on any atom is 0.257 e. The summed E-state index contributed by atoms with van der Waals surface area (Å²) < 4.78 is 20.3. The molecule has 0 amide bonds. The van der Waals surface area contributed by atoms with E-state index in [1.54, 1.807) is 23.0 Å². The van der Waals surface area contributed by atoms with E-state index < -0.39 is 0 Å². The van der Waals surface area contributed by atoms with E-state index in [-0.39, 0.29) is 18.0 Å². The van der Waals surface area contributed by atoms with E-state index in [0.717, 1.165) is 82.0 Å². The summed E-state index contributed by atoms with van der Waals surface area (Å²) in [4.78, 5) is 25.9. The number of aromatic nitrogens is 3. The van der Waals surface area contributed by atoms with E-state index in [4.69, 9.17) is 35.8 Å². The average molecular weight is 622 g/mol. The molecule has 4 aromatic rings. The summed E-state index contributed by atoms with van der Waals surface area (Å²) in [5.74, 6) is 1.43. The van der Waals surface area contributed by atoms with Gasteiger partial charge in [-0.05, 0) is 69.8 Å². The molecule has 226 valence electrons. The lowest BCUT2D eigenvalue weighted by Crippen LogP contribution is -2.59. The summed E-state index contributed by atoms with van der Waals surface area (Å²) in [5.41, 5.74) is 6.60. The molecule has 11 heteroatoms. The van der Waals surface area contributed by atoms with Crippen LogP contribution in [0.25, 0.3) is 21.3 Å². The van der Waals surface area contributed by atoms with Crippen LogP contribution >= 0.6 is 22.9 Å². The number of halogens is 1. The monoisotopic (exact) mass is 621 g/mol. The van der Waals surface area contributed by atoms with Crippen LogP contribution in [0.2, 0.25) is 5.02 Å². The van der Waals surface area contributed by atoms with Crippen LogP contribution in [0.1, 0.15) is 40.9 Å². The Morgan fingerprint density at radius 3 is 2.77 bits per heavy atom. The van der Waals surface area contributed by atoms with Crippen LogP contribution in [-0.4, -0.2) is 71.7 Å². The van der Waals surface area contributed by atoms with Crippen molar-refractivity contribution in [3.05, 3.63) is 73.4 Å². The summed E-state index contributed by atoms with van der Waals surface area (Å²) in [5, 5.41) is 6.07. The second-order valence-electron chi connectivity index (χ2n) is 11.7. The minimum atomic E-state index is -0.231. The minimum Gasteiger partial charge on any atom is -0.491 e. The Morgan fingerprint density at radius 1 is 1.19 bits per heavy atom. The zero-order valence-corrected chi connectivity index (χ0v) is 26.4. The number of nitrogens with one attached hydrogen (secondary N) is 1. The number of rotatable bonds is 9. The van der Waals surface area contributed by atoms with Gasteiger partial charge in [-0.3, -0.25) is 19.2 Å². The van der Waals surface area contributed by atoms with Crippen LogP contribution in [0.15, 0.2) is 34.4 Å². The van der Waals surface area contributed by atoms with Crippen LogP contribution in [-0.2, 0) is 28.9 Å². The number of hydrogen-bond donors (Lipinski definition) is 1. The van der Waals surface area contributed by atoms with Gasteiger partial charge >= 0.3 is 0 Å². The lowest BCUT2D eigenvalue weighted by Gasteiger charge is -2.42. The zero-order valence-electron chi connectivity index (χ0n) is 24.9. The number of likely N-dealkylation sites (N-methyl/N-ethyl adjacent to an activating group) is 1. The highest BCUT2D eigenvalue weighted by Gasteiger charge is 2.42. The smallest absolute Gasteiger partial charge is 0.257 e. The molecule has 43 heavy (non-hydrogen) atoms. The normalized spacial score (nSPS) is 21.7. The molecule has 0 saturated carbocycles. The maximum atomic E-state index is 13.7. The van der Waals surface area contributed by atoms with Crippen molar-refractivity contribution in [2.75, 3.05) is 33.9 Å². The Hall–Kier alpha value is -2.86. The molecule has 3 aromatic heterocycles. The van der Waals surface area contributed by atoms with Crippen LogP contribution in [0.3, 0.4) is 0 Å². The topological polar surface area (TPSA) is 94.0 Å². The summed E-state index contributed by atoms with van der Waals surface area (Å²) in [6, 6.07) is 8.64. The van der Waals surface area contributed by atoms with E-state index in [0.29, 0.717) is 36.0 Å². The predicted molar refractivity (Wildman–Crippen MR) is 168 cm³/mol. The number of aryl methyl sites for hydroxylation is 3. The fourth-order valence-electron chi connectivity index (χ4n) is 6.42. The third-order valence-electron chi connectivity index (χ3n) is 9.08. The quantitative estimate of drug-likeness (QED) is 0.270. The van der Waals surface area contributed by atoms with Gasteiger partial charge in [0.1, 0.15) is 24.3 Å². The number of fused-ring (bicyclic) bond motifs is 2. The summed E-state index contributed by atoms with van der Waals surface area (Å²) in [6.07, 6.45) is 2.29. The van der Waals surface area contributed by atoms with Crippen molar-refractivity contribution in [3.63, 3.8) is 0 Å². The number of nitrogens with zero attached hydrogens (tertiary/aromatic N) is 4. The van der Waals surface area contributed by atoms with Gasteiger partial charge in [0.15, 0.2) is 6.29 Å². The summed E-state index contributed by atoms with van der Waals surface area (Å²) >= 11 is 8.13. The molecule has 0 spiro atoms. The van der Waals surface area contributed by atoms with Gasteiger partial charge in [0, 0.05) is 65.3 Å². The van der Waals surface area contributed by atoms with Gasteiger partial charge in [-0.1, -0.05) is 11.6 Å². The molecule has 2 aliphatic heterocycles. The molecule has 1 aliphatic carbocycles. The van der Waals surface area contributed by atoms with Crippen molar-refractivity contribution in [2.45, 2.75) is 64.1 Å².